The Morgan fingerprint density at radius 3 is 2.33 bits per heavy atom. The first-order valence-corrected chi connectivity index (χ1v) is 4.69. The predicted octanol–water partition coefficient (Wildman–Crippen LogP) is 0.925. The van der Waals surface area contributed by atoms with Gasteiger partial charge in [-0.2, -0.15) is 9.97 Å². The number of anilines is 3. The lowest BCUT2D eigenvalue weighted by Crippen LogP contribution is -2.23. The maximum atomic E-state index is 8.74. The van der Waals surface area contributed by atoms with Gasteiger partial charge in [0.1, 0.15) is 5.82 Å². The Morgan fingerprint density at radius 1 is 1.20 bits per heavy atom. The van der Waals surface area contributed by atoms with Gasteiger partial charge in [0.15, 0.2) is 5.82 Å². The van der Waals surface area contributed by atoms with Crippen LogP contribution in [-0.4, -0.2) is 33.5 Å². The van der Waals surface area contributed by atoms with Gasteiger partial charge in [-0.1, -0.05) is 0 Å². The molecule has 0 saturated heterocycles. The van der Waals surface area contributed by atoms with Crippen LogP contribution < -0.4 is 15.9 Å². The fourth-order valence-electron chi connectivity index (χ4n) is 1.25. The molecule has 0 unspecified atom stereocenters. The minimum absolute atomic E-state index is 0.0379. The molecule has 1 aromatic heterocycles. The van der Waals surface area contributed by atoms with Crippen LogP contribution in [0.4, 0.5) is 17.6 Å². The van der Waals surface area contributed by atoms with E-state index in [-0.39, 0.29) is 11.8 Å². The monoisotopic (exact) mass is 213 g/mol. The zero-order valence-corrected chi connectivity index (χ0v) is 8.73. The molecule has 0 radical (unpaired) electrons. The lowest BCUT2D eigenvalue weighted by Gasteiger charge is -2.20. The summed E-state index contributed by atoms with van der Waals surface area (Å²) >= 11 is 0. The summed E-state index contributed by atoms with van der Waals surface area (Å²) < 4.78 is 0. The van der Waals surface area contributed by atoms with Gasteiger partial charge in [0, 0.05) is 19.2 Å². The molecule has 84 valence electrons. The van der Waals surface area contributed by atoms with Crippen LogP contribution in [0.1, 0.15) is 13.8 Å². The molecular weight excluding hydrogens is 198 g/mol. The number of hydrogen-bond donors (Lipinski definition) is 4. The van der Waals surface area contributed by atoms with Crippen molar-refractivity contribution < 1.29 is 10.4 Å². The molecule has 7 heteroatoms. The van der Waals surface area contributed by atoms with Crippen LogP contribution in [0.15, 0.2) is 6.07 Å². The van der Waals surface area contributed by atoms with E-state index < -0.39 is 0 Å². The second kappa shape index (κ2) is 5.32. The van der Waals surface area contributed by atoms with Gasteiger partial charge >= 0.3 is 0 Å². The molecule has 0 bridgehead atoms. The second-order valence-electron chi connectivity index (χ2n) is 2.83. The Bertz CT molecular complexity index is 294. The van der Waals surface area contributed by atoms with Crippen LogP contribution in [0, 0.1) is 0 Å². The van der Waals surface area contributed by atoms with Crippen molar-refractivity contribution in [3.8, 4) is 0 Å². The molecule has 0 aliphatic heterocycles. The largest absolute Gasteiger partial charge is 0.357 e. The topological polar surface area (TPSA) is 93.5 Å². The Morgan fingerprint density at radius 2 is 1.87 bits per heavy atom. The van der Waals surface area contributed by atoms with Gasteiger partial charge in [0.25, 0.3) is 5.95 Å². The lowest BCUT2D eigenvalue weighted by molar-refractivity contribution is 0.377. The molecule has 1 rings (SSSR count). The standard InChI is InChI=1S/C8H15N5O2/c1-3-13(4-2)7-5-6(11-14)9-8(10-7)12-15/h5,14-15H,3-4H2,1-2H3,(H2,9,10,11,12). The first-order valence-electron chi connectivity index (χ1n) is 4.69. The van der Waals surface area contributed by atoms with E-state index in [1.165, 1.54) is 0 Å². The summed E-state index contributed by atoms with van der Waals surface area (Å²) in [7, 11) is 0. The Kier molecular flexibility index (Phi) is 4.07. The Balaban J connectivity index is 3.05. The highest BCUT2D eigenvalue weighted by atomic mass is 16.5. The highest BCUT2D eigenvalue weighted by molar-refractivity contribution is 5.52. The number of rotatable bonds is 5. The second-order valence-corrected chi connectivity index (χ2v) is 2.83. The summed E-state index contributed by atoms with van der Waals surface area (Å²) in [6.45, 7) is 5.54. The Hall–Kier alpha value is -1.60. The SMILES string of the molecule is CCN(CC)c1cc(NO)nc(NO)n1. The summed E-state index contributed by atoms with van der Waals surface area (Å²) in [5.41, 5.74) is 3.76. The molecule has 1 aromatic rings. The minimum atomic E-state index is 0.0379. The van der Waals surface area contributed by atoms with Crippen molar-refractivity contribution in [3.05, 3.63) is 6.07 Å². The molecule has 0 fully saturated rings. The summed E-state index contributed by atoms with van der Waals surface area (Å²) in [5, 5.41) is 17.4. The molecule has 0 amide bonds. The Labute approximate surface area is 87.7 Å². The molecule has 0 spiro atoms. The van der Waals surface area contributed by atoms with E-state index in [4.69, 9.17) is 10.4 Å². The molecule has 0 atom stereocenters. The van der Waals surface area contributed by atoms with Crippen LogP contribution >= 0.6 is 0 Å². The third-order valence-electron chi connectivity index (χ3n) is 2.01. The number of aromatic nitrogens is 2. The fraction of sp³-hybridized carbons (Fsp3) is 0.500. The zero-order valence-electron chi connectivity index (χ0n) is 8.73. The summed E-state index contributed by atoms with van der Waals surface area (Å²) in [4.78, 5) is 9.77. The average molecular weight is 213 g/mol. The first kappa shape index (κ1) is 11.5. The van der Waals surface area contributed by atoms with Crippen LogP contribution in [0.25, 0.3) is 0 Å². The van der Waals surface area contributed by atoms with Gasteiger partial charge in [-0.05, 0) is 13.8 Å². The van der Waals surface area contributed by atoms with Crippen molar-refractivity contribution in [1.82, 2.24) is 9.97 Å². The molecule has 0 aliphatic carbocycles. The van der Waals surface area contributed by atoms with Gasteiger partial charge in [-0.25, -0.2) is 5.48 Å². The van der Waals surface area contributed by atoms with E-state index in [1.807, 2.05) is 29.7 Å². The molecule has 15 heavy (non-hydrogen) atoms. The van der Waals surface area contributed by atoms with Crippen LogP contribution in [0.5, 0.6) is 0 Å². The zero-order chi connectivity index (χ0) is 11.3. The molecular formula is C8H15N5O2. The maximum absolute atomic E-state index is 8.74. The van der Waals surface area contributed by atoms with E-state index in [9.17, 15) is 0 Å². The number of hydrogen-bond acceptors (Lipinski definition) is 7. The quantitative estimate of drug-likeness (QED) is 0.540. The molecule has 0 saturated carbocycles. The van der Waals surface area contributed by atoms with E-state index in [2.05, 4.69) is 9.97 Å². The van der Waals surface area contributed by atoms with Gasteiger partial charge in [0.2, 0.25) is 0 Å². The normalized spacial score (nSPS) is 9.87. The van der Waals surface area contributed by atoms with Crippen molar-refractivity contribution >= 4 is 17.6 Å². The maximum Gasteiger partial charge on any atom is 0.250 e. The molecule has 1 heterocycles. The fourth-order valence-corrected chi connectivity index (χ4v) is 1.25. The molecule has 0 aliphatic rings. The smallest absolute Gasteiger partial charge is 0.250 e. The van der Waals surface area contributed by atoms with Gasteiger partial charge < -0.3 is 4.90 Å². The van der Waals surface area contributed by atoms with Crippen molar-refractivity contribution in [1.29, 1.82) is 0 Å². The van der Waals surface area contributed by atoms with Crippen molar-refractivity contribution in [2.75, 3.05) is 28.9 Å². The summed E-state index contributed by atoms with van der Waals surface area (Å²) in [5.74, 6) is 0.891. The van der Waals surface area contributed by atoms with E-state index in [0.29, 0.717) is 5.82 Å². The van der Waals surface area contributed by atoms with E-state index in [0.717, 1.165) is 13.1 Å². The van der Waals surface area contributed by atoms with Gasteiger partial charge in [-0.15, -0.1) is 0 Å². The van der Waals surface area contributed by atoms with Crippen molar-refractivity contribution in [2.24, 2.45) is 0 Å². The molecule has 0 aromatic carbocycles. The first-order chi connectivity index (χ1) is 7.24. The van der Waals surface area contributed by atoms with Crippen LogP contribution in [0.2, 0.25) is 0 Å². The van der Waals surface area contributed by atoms with Crippen molar-refractivity contribution in [3.63, 3.8) is 0 Å². The van der Waals surface area contributed by atoms with Gasteiger partial charge in [-0.3, -0.25) is 15.9 Å². The summed E-state index contributed by atoms with van der Waals surface area (Å²) in [6, 6.07) is 1.59. The van der Waals surface area contributed by atoms with Crippen LogP contribution in [0.3, 0.4) is 0 Å². The minimum Gasteiger partial charge on any atom is -0.357 e. The molecule has 4 N–H and O–H groups in total. The average Bonchev–Trinajstić information content (AvgIpc) is 2.30. The molecule has 7 nitrogen and oxygen atoms in total. The number of nitrogens with zero attached hydrogens (tertiary/aromatic N) is 3. The van der Waals surface area contributed by atoms with E-state index >= 15 is 0 Å². The third-order valence-corrected chi connectivity index (χ3v) is 2.01. The van der Waals surface area contributed by atoms with Crippen molar-refractivity contribution in [2.45, 2.75) is 13.8 Å². The van der Waals surface area contributed by atoms with Crippen LogP contribution in [-0.2, 0) is 0 Å². The van der Waals surface area contributed by atoms with Gasteiger partial charge in [0.05, 0.1) is 0 Å². The summed E-state index contributed by atoms with van der Waals surface area (Å²) in [6.07, 6.45) is 0. The van der Waals surface area contributed by atoms with E-state index in [1.54, 1.807) is 6.07 Å². The third kappa shape index (κ3) is 2.67. The highest BCUT2D eigenvalue weighted by Crippen LogP contribution is 2.17. The number of nitrogens with one attached hydrogen (secondary N) is 2. The predicted molar refractivity (Wildman–Crippen MR) is 56.4 cm³/mol. The highest BCUT2D eigenvalue weighted by Gasteiger charge is 2.08. The lowest BCUT2D eigenvalue weighted by atomic mass is 10.4.